The molecule has 328 valence electrons. The van der Waals surface area contributed by atoms with Crippen molar-refractivity contribution >= 4 is 75.1 Å². The van der Waals surface area contributed by atoms with Crippen LogP contribution < -0.4 is 16.4 Å². The number of aliphatic hydroxyl groups excluding tert-OH is 2. The SMILES string of the molecule is CC(C)(COP(=O)(O)OP(=O)(O)OC[C@@H]1O[C@@H](n2cnc3c(N)ncnc32)[C@H](O)[C@@H]1OP(=O)(O)O)[C@H](O)C(=O)NCCC(=O)NCCSC(=O)C[C@@](C)(O)CC(=O)O. The van der Waals surface area contributed by atoms with E-state index in [0.29, 0.717) is 0 Å². The number of carbonyl (C=O) groups is 4. The summed E-state index contributed by atoms with van der Waals surface area (Å²) in [6.07, 6.45) is -8.22. The van der Waals surface area contributed by atoms with E-state index in [2.05, 4.69) is 34.4 Å². The van der Waals surface area contributed by atoms with Crippen molar-refractivity contribution in [2.24, 2.45) is 5.41 Å². The second-order valence-electron chi connectivity index (χ2n) is 13.5. The lowest BCUT2D eigenvalue weighted by Gasteiger charge is -2.30. The van der Waals surface area contributed by atoms with Crippen molar-refractivity contribution in [2.75, 3.05) is 37.8 Å². The van der Waals surface area contributed by atoms with Gasteiger partial charge >= 0.3 is 29.4 Å². The number of anilines is 1. The number of carbonyl (C=O) groups excluding carboxylic acids is 3. The first-order chi connectivity index (χ1) is 26.6. The van der Waals surface area contributed by atoms with Crippen LogP contribution in [0.4, 0.5) is 5.82 Å². The monoisotopic (exact) mass is 911 g/mol. The lowest BCUT2D eigenvalue weighted by Crippen LogP contribution is -2.46. The molecule has 0 saturated carbocycles. The molecule has 3 heterocycles. The van der Waals surface area contributed by atoms with Crippen molar-refractivity contribution < 1.29 is 95.5 Å². The van der Waals surface area contributed by atoms with Gasteiger partial charge in [0.25, 0.3) is 0 Å². The predicted molar refractivity (Wildman–Crippen MR) is 195 cm³/mol. The van der Waals surface area contributed by atoms with Crippen LogP contribution in [0, 0.1) is 5.41 Å². The van der Waals surface area contributed by atoms with Gasteiger partial charge in [0.05, 0.1) is 31.6 Å². The van der Waals surface area contributed by atoms with Gasteiger partial charge in [-0.15, -0.1) is 0 Å². The van der Waals surface area contributed by atoms with E-state index in [-0.39, 0.29) is 42.2 Å². The Kier molecular flexibility index (Phi) is 17.0. The highest BCUT2D eigenvalue weighted by Crippen LogP contribution is 2.61. The van der Waals surface area contributed by atoms with E-state index in [0.717, 1.165) is 29.0 Å². The number of hydrogen-bond acceptors (Lipinski definition) is 20. The number of rotatable bonds is 23. The van der Waals surface area contributed by atoms with Gasteiger partial charge in [0, 0.05) is 37.1 Å². The van der Waals surface area contributed by atoms with Crippen LogP contribution in [0.15, 0.2) is 12.7 Å². The average molecular weight is 912 g/mol. The summed E-state index contributed by atoms with van der Waals surface area (Å²) in [6, 6.07) is 0. The number of carboxylic acids is 1. The quantitative estimate of drug-likeness (QED) is 0.0436. The number of nitrogens with two attached hydrogens (primary N) is 1. The first kappa shape index (κ1) is 49.4. The molecular weight excluding hydrogens is 867 g/mol. The van der Waals surface area contributed by atoms with Crippen LogP contribution in [0.1, 0.15) is 46.3 Å². The summed E-state index contributed by atoms with van der Waals surface area (Å²) in [7, 11) is -16.5. The molecule has 1 saturated heterocycles. The molecular formula is C27H44N7O20P3S. The highest BCUT2D eigenvalue weighted by molar-refractivity contribution is 8.13. The van der Waals surface area contributed by atoms with Gasteiger partial charge in [-0.05, 0) is 6.92 Å². The van der Waals surface area contributed by atoms with Crippen LogP contribution in [0.2, 0.25) is 0 Å². The molecule has 1 aliphatic rings. The van der Waals surface area contributed by atoms with E-state index in [4.69, 9.17) is 24.6 Å². The number of aromatic nitrogens is 4. The summed E-state index contributed by atoms with van der Waals surface area (Å²) >= 11 is 0.771. The number of amides is 2. The molecule has 2 aromatic rings. The standard InChI is InChI=1S/C27H44N7O20P3S/c1-26(2,21(40)24(41)30-5-4-15(35)29-6-7-58-17(38)9-27(3,42)8-16(36)37)11-51-57(48,49)54-56(46,47)50-10-14-20(53-55(43,44)45)19(39)25(52-14)34-13-33-18-22(28)31-12-32-23(18)34/h12-14,19-21,25,39-40,42H,4-11H2,1-3H3,(H,29,35)(H,30,41)(H,36,37)(H,46,47)(H,48,49)(H2,28,31,32)(H2,43,44,45)/t14-,19+,20+,21+,25+,27-/m0/s1. The summed E-state index contributed by atoms with van der Waals surface area (Å²) < 4.78 is 62.0. The van der Waals surface area contributed by atoms with Gasteiger partial charge in [-0.2, -0.15) is 4.31 Å². The Morgan fingerprint density at radius 1 is 1.02 bits per heavy atom. The fourth-order valence-corrected chi connectivity index (χ4v) is 8.72. The molecule has 0 spiro atoms. The number of nitrogens with zero attached hydrogens (tertiary/aromatic N) is 4. The maximum atomic E-state index is 12.7. The van der Waals surface area contributed by atoms with Crippen molar-refractivity contribution in [1.82, 2.24) is 30.2 Å². The number of nitrogens with one attached hydrogen (secondary N) is 2. The number of aliphatic carboxylic acids is 1. The van der Waals surface area contributed by atoms with Gasteiger partial charge in [-0.3, -0.25) is 37.3 Å². The zero-order valence-corrected chi connectivity index (χ0v) is 34.3. The highest BCUT2D eigenvalue weighted by atomic mass is 32.2. The molecule has 0 bridgehead atoms. The molecule has 1 fully saturated rings. The third-order valence-electron chi connectivity index (χ3n) is 7.82. The fraction of sp³-hybridized carbons (Fsp3) is 0.667. The molecule has 1 aliphatic heterocycles. The van der Waals surface area contributed by atoms with Gasteiger partial charge in [-0.1, -0.05) is 25.6 Å². The van der Waals surface area contributed by atoms with Gasteiger partial charge in [0.2, 0.25) is 11.8 Å². The number of ether oxygens (including phenoxy) is 1. The Morgan fingerprint density at radius 3 is 2.31 bits per heavy atom. The minimum atomic E-state index is -5.60. The minimum Gasteiger partial charge on any atom is -0.481 e. The smallest absolute Gasteiger partial charge is 0.481 e. The van der Waals surface area contributed by atoms with E-state index in [1.165, 1.54) is 20.8 Å². The van der Waals surface area contributed by atoms with E-state index in [1.807, 2.05) is 0 Å². The van der Waals surface area contributed by atoms with Crippen LogP contribution >= 0.6 is 35.2 Å². The van der Waals surface area contributed by atoms with Crippen molar-refractivity contribution in [3.8, 4) is 0 Å². The molecule has 3 rings (SSSR count). The van der Waals surface area contributed by atoms with E-state index in [9.17, 15) is 67.8 Å². The van der Waals surface area contributed by atoms with E-state index < -0.39 is 114 Å². The second kappa shape index (κ2) is 20.0. The third kappa shape index (κ3) is 15.2. The summed E-state index contributed by atoms with van der Waals surface area (Å²) in [5.41, 5.74) is 2.44. The zero-order valence-electron chi connectivity index (χ0n) is 30.8. The third-order valence-corrected chi connectivity index (χ3v) is 11.8. The Labute approximate surface area is 332 Å². The largest absolute Gasteiger partial charge is 0.481 e. The lowest BCUT2D eigenvalue weighted by molar-refractivity contribution is -0.142. The van der Waals surface area contributed by atoms with Gasteiger partial charge in [0.1, 0.15) is 36.3 Å². The van der Waals surface area contributed by atoms with Crippen molar-refractivity contribution in [2.45, 2.75) is 76.3 Å². The molecule has 12 N–H and O–H groups in total. The molecule has 2 amide bonds. The number of imidazole rings is 1. The molecule has 0 radical (unpaired) electrons. The molecule has 58 heavy (non-hydrogen) atoms. The summed E-state index contributed by atoms with van der Waals surface area (Å²) in [6.45, 7) is 1.29. The van der Waals surface area contributed by atoms with Crippen LogP contribution in [0.5, 0.6) is 0 Å². The topological polar surface area (TPSA) is 421 Å². The molecule has 0 aliphatic carbocycles. The van der Waals surface area contributed by atoms with Crippen LogP contribution in [-0.2, 0) is 55.5 Å². The first-order valence-electron chi connectivity index (χ1n) is 16.6. The van der Waals surface area contributed by atoms with Gasteiger partial charge in [0.15, 0.2) is 22.8 Å². The number of fused-ring (bicyclic) bond motifs is 1. The summed E-state index contributed by atoms with van der Waals surface area (Å²) in [4.78, 5) is 98.2. The summed E-state index contributed by atoms with van der Waals surface area (Å²) in [5.74, 6) is -2.81. The van der Waals surface area contributed by atoms with Gasteiger partial charge < -0.3 is 61.1 Å². The predicted octanol–water partition coefficient (Wildman–Crippen LogP) is -1.72. The number of aliphatic hydroxyl groups is 3. The number of nitrogen functional groups attached to an aromatic ring is 1. The number of carboxylic acid groups (broad SMARTS) is 1. The normalized spacial score (nSPS) is 22.4. The Morgan fingerprint density at radius 2 is 1.67 bits per heavy atom. The number of phosphoric acid groups is 3. The van der Waals surface area contributed by atoms with E-state index in [1.54, 1.807) is 0 Å². The van der Waals surface area contributed by atoms with Gasteiger partial charge in [-0.25, -0.2) is 28.6 Å². The number of phosphoric ester groups is 3. The fourth-order valence-electron chi connectivity index (χ4n) is 5.05. The van der Waals surface area contributed by atoms with E-state index >= 15 is 0 Å². The first-order valence-corrected chi connectivity index (χ1v) is 22.1. The highest BCUT2D eigenvalue weighted by Gasteiger charge is 2.50. The summed E-state index contributed by atoms with van der Waals surface area (Å²) in [5, 5.41) is 44.4. The average Bonchev–Trinajstić information content (AvgIpc) is 3.63. The van der Waals surface area contributed by atoms with Crippen LogP contribution in [0.3, 0.4) is 0 Å². The molecule has 2 unspecified atom stereocenters. The molecule has 2 aromatic heterocycles. The Balaban J connectivity index is 1.47. The number of hydrogen-bond donors (Lipinski definition) is 11. The Bertz CT molecular complexity index is 1950. The van der Waals surface area contributed by atoms with Crippen molar-refractivity contribution in [1.29, 1.82) is 0 Å². The molecule has 31 heteroatoms. The van der Waals surface area contributed by atoms with Crippen LogP contribution in [-0.4, -0.2) is 144 Å². The molecule has 8 atom stereocenters. The minimum absolute atomic E-state index is 0.0147. The lowest BCUT2D eigenvalue weighted by atomic mass is 9.87. The maximum Gasteiger partial charge on any atom is 0.481 e. The zero-order chi connectivity index (χ0) is 43.9. The van der Waals surface area contributed by atoms with Crippen molar-refractivity contribution in [3.05, 3.63) is 12.7 Å². The Hall–Kier alpha value is -3.01. The molecule has 27 nitrogen and oxygen atoms in total. The van der Waals surface area contributed by atoms with Crippen LogP contribution in [0.25, 0.3) is 11.2 Å². The maximum absolute atomic E-state index is 12.7. The second-order valence-corrected chi connectivity index (χ2v) is 18.9. The van der Waals surface area contributed by atoms with Crippen molar-refractivity contribution in [3.63, 3.8) is 0 Å². The number of thioether (sulfide) groups is 1. The molecule has 0 aromatic carbocycles.